The minimum Gasteiger partial charge on any atom is -0.371 e. The quantitative estimate of drug-likeness (QED) is 0.368. The molecule has 0 spiro atoms. The van der Waals surface area contributed by atoms with Crippen molar-refractivity contribution in [3.8, 4) is 0 Å². The Kier molecular flexibility index (Phi) is 8.41. The van der Waals surface area contributed by atoms with Crippen LogP contribution in [0.3, 0.4) is 0 Å². The molecule has 2 fully saturated rings. The molecule has 3 unspecified atom stereocenters. The maximum atomic E-state index is 5.07. The number of aliphatic imine (C=N–C) groups is 1. The van der Waals surface area contributed by atoms with Gasteiger partial charge >= 0.3 is 0 Å². The van der Waals surface area contributed by atoms with E-state index in [1.807, 2.05) is 12.5 Å². The molecular weight excluding hydrogens is 487 g/mol. The Labute approximate surface area is 197 Å². The molecule has 0 amide bonds. The van der Waals surface area contributed by atoms with Crippen molar-refractivity contribution in [1.29, 1.82) is 0 Å². The first-order valence-corrected chi connectivity index (χ1v) is 11.0. The molecule has 0 bridgehead atoms. The summed E-state index contributed by atoms with van der Waals surface area (Å²) in [5.74, 6) is 2.34. The second kappa shape index (κ2) is 11.0. The summed E-state index contributed by atoms with van der Waals surface area (Å²) in [6.07, 6.45) is 8.31. The predicted octanol–water partition coefficient (Wildman–Crippen LogP) is 3.88. The summed E-state index contributed by atoms with van der Waals surface area (Å²) >= 11 is 0. The Bertz CT molecular complexity index is 778. The molecule has 3 heterocycles. The number of hydrogen-bond donors (Lipinski definition) is 1. The lowest BCUT2D eigenvalue weighted by molar-refractivity contribution is 0.189. The van der Waals surface area contributed by atoms with Crippen molar-refractivity contribution in [2.24, 2.45) is 16.8 Å². The van der Waals surface area contributed by atoms with Crippen molar-refractivity contribution in [2.45, 2.75) is 32.7 Å². The summed E-state index contributed by atoms with van der Waals surface area (Å²) in [6, 6.07) is 11.2. The topological polar surface area (TPSA) is 48.7 Å². The second-order valence-corrected chi connectivity index (χ2v) is 8.42. The maximum Gasteiger partial charge on any atom is 0.193 e. The van der Waals surface area contributed by atoms with E-state index < -0.39 is 0 Å². The monoisotopic (exact) mass is 522 g/mol. The number of halogens is 1. The highest BCUT2D eigenvalue weighted by Crippen LogP contribution is 2.28. The highest BCUT2D eigenvalue weighted by molar-refractivity contribution is 14.0. The van der Waals surface area contributed by atoms with Gasteiger partial charge in [0, 0.05) is 57.3 Å². The number of nitrogens with one attached hydrogen (secondary N) is 1. The van der Waals surface area contributed by atoms with E-state index in [1.165, 1.54) is 18.5 Å². The van der Waals surface area contributed by atoms with E-state index in [9.17, 15) is 0 Å². The van der Waals surface area contributed by atoms with Crippen LogP contribution in [0.25, 0.3) is 0 Å². The minimum absolute atomic E-state index is 0. The third-order valence-corrected chi connectivity index (χ3v) is 6.37. The number of anilines is 1. The molecule has 2 aliphatic rings. The molecule has 2 aliphatic heterocycles. The number of imidazole rings is 1. The molecule has 2 saturated heterocycles. The van der Waals surface area contributed by atoms with Crippen molar-refractivity contribution < 1.29 is 0 Å². The van der Waals surface area contributed by atoms with Gasteiger partial charge in [-0.3, -0.25) is 4.99 Å². The van der Waals surface area contributed by atoms with E-state index in [4.69, 9.17) is 4.99 Å². The van der Waals surface area contributed by atoms with Gasteiger partial charge in [0.2, 0.25) is 0 Å². The van der Waals surface area contributed by atoms with Crippen LogP contribution >= 0.6 is 24.0 Å². The van der Waals surface area contributed by atoms with Gasteiger partial charge in [0.05, 0.1) is 12.4 Å². The number of guanidine groups is 1. The molecule has 6 nitrogen and oxygen atoms in total. The summed E-state index contributed by atoms with van der Waals surface area (Å²) in [7, 11) is 0. The van der Waals surface area contributed by atoms with E-state index in [-0.39, 0.29) is 24.0 Å². The van der Waals surface area contributed by atoms with Gasteiger partial charge in [0.1, 0.15) is 0 Å². The summed E-state index contributed by atoms with van der Waals surface area (Å²) in [5.41, 5.74) is 1.33. The van der Waals surface area contributed by atoms with Gasteiger partial charge in [0.25, 0.3) is 0 Å². The molecule has 4 rings (SSSR count). The molecule has 1 aromatic heterocycles. The van der Waals surface area contributed by atoms with Crippen LogP contribution in [0, 0.1) is 11.8 Å². The Balaban J connectivity index is 0.00000256. The van der Waals surface area contributed by atoms with Gasteiger partial charge < -0.3 is 19.7 Å². The van der Waals surface area contributed by atoms with Gasteiger partial charge in [-0.05, 0) is 43.7 Å². The SMILES string of the molecule is CCNC(=NCC1CCN(c2ccccc2)C1)N1CCC(C)C(n2ccnc2)C1.I. The highest BCUT2D eigenvalue weighted by atomic mass is 127. The van der Waals surface area contributed by atoms with Gasteiger partial charge in [-0.1, -0.05) is 25.1 Å². The largest absolute Gasteiger partial charge is 0.371 e. The average molecular weight is 522 g/mol. The van der Waals surface area contributed by atoms with Crippen LogP contribution in [0.4, 0.5) is 5.69 Å². The Morgan fingerprint density at radius 2 is 2.00 bits per heavy atom. The van der Waals surface area contributed by atoms with Crippen LogP contribution < -0.4 is 10.2 Å². The highest BCUT2D eigenvalue weighted by Gasteiger charge is 2.29. The van der Waals surface area contributed by atoms with Crippen molar-refractivity contribution in [1.82, 2.24) is 19.8 Å². The average Bonchev–Trinajstić information content (AvgIpc) is 3.45. The van der Waals surface area contributed by atoms with Gasteiger partial charge in [-0.2, -0.15) is 0 Å². The molecule has 164 valence electrons. The van der Waals surface area contributed by atoms with Gasteiger partial charge in [0.15, 0.2) is 5.96 Å². The van der Waals surface area contributed by atoms with E-state index in [1.54, 1.807) is 0 Å². The van der Waals surface area contributed by atoms with Crippen LogP contribution in [-0.2, 0) is 0 Å². The van der Waals surface area contributed by atoms with E-state index >= 15 is 0 Å². The summed E-state index contributed by atoms with van der Waals surface area (Å²) in [5, 5.41) is 3.54. The first-order chi connectivity index (χ1) is 14.2. The fourth-order valence-corrected chi connectivity index (χ4v) is 4.59. The third kappa shape index (κ3) is 5.47. The lowest BCUT2D eigenvalue weighted by Crippen LogP contribution is -2.49. The zero-order chi connectivity index (χ0) is 20.1. The molecule has 7 heteroatoms. The third-order valence-electron chi connectivity index (χ3n) is 6.37. The minimum atomic E-state index is 0. The molecule has 0 saturated carbocycles. The molecule has 2 aromatic rings. The standard InChI is InChI=1S/C23H34N6.HI/c1-3-25-23(28-12-9-19(2)22(17-28)29-14-11-24-18-29)26-15-20-10-13-27(16-20)21-7-5-4-6-8-21;/h4-8,11,14,18-20,22H,3,9-10,12-13,15-17H2,1-2H3,(H,25,26);1H. The summed E-state index contributed by atoms with van der Waals surface area (Å²) in [6.45, 7) is 10.6. The van der Waals surface area contributed by atoms with Crippen LogP contribution in [0.5, 0.6) is 0 Å². The lowest BCUT2D eigenvalue weighted by Gasteiger charge is -2.39. The second-order valence-electron chi connectivity index (χ2n) is 8.42. The van der Waals surface area contributed by atoms with Crippen LogP contribution in [0.1, 0.15) is 32.7 Å². The fraction of sp³-hybridized carbons (Fsp3) is 0.565. The molecule has 1 aromatic carbocycles. The first kappa shape index (κ1) is 22.9. The summed E-state index contributed by atoms with van der Waals surface area (Å²) < 4.78 is 2.26. The summed E-state index contributed by atoms with van der Waals surface area (Å²) in [4.78, 5) is 14.3. The zero-order valence-corrected chi connectivity index (χ0v) is 20.5. The number of hydrogen-bond acceptors (Lipinski definition) is 3. The Hall–Kier alpha value is -1.77. The Morgan fingerprint density at radius 1 is 1.17 bits per heavy atom. The number of piperidine rings is 1. The smallest absolute Gasteiger partial charge is 0.193 e. The van der Waals surface area contributed by atoms with E-state index in [0.29, 0.717) is 17.9 Å². The number of likely N-dealkylation sites (tertiary alicyclic amines) is 1. The van der Waals surface area contributed by atoms with Crippen molar-refractivity contribution in [3.05, 3.63) is 49.1 Å². The van der Waals surface area contributed by atoms with Gasteiger partial charge in [-0.15, -0.1) is 24.0 Å². The first-order valence-electron chi connectivity index (χ1n) is 11.0. The number of para-hydroxylation sites is 1. The van der Waals surface area contributed by atoms with Crippen LogP contribution in [0.15, 0.2) is 54.0 Å². The number of benzene rings is 1. The normalized spacial score (nSPS) is 24.6. The number of nitrogens with zero attached hydrogens (tertiary/aromatic N) is 5. The molecule has 1 N–H and O–H groups in total. The molecular formula is C23H35IN6. The number of rotatable bonds is 5. The molecule has 30 heavy (non-hydrogen) atoms. The van der Waals surface area contributed by atoms with Crippen LogP contribution in [0.2, 0.25) is 0 Å². The van der Waals surface area contributed by atoms with Crippen LogP contribution in [-0.4, -0.2) is 59.7 Å². The molecule has 0 aliphatic carbocycles. The lowest BCUT2D eigenvalue weighted by atomic mass is 9.93. The fourth-order valence-electron chi connectivity index (χ4n) is 4.59. The van der Waals surface area contributed by atoms with Gasteiger partial charge in [-0.25, -0.2) is 4.98 Å². The Morgan fingerprint density at radius 3 is 2.73 bits per heavy atom. The zero-order valence-electron chi connectivity index (χ0n) is 18.2. The van der Waals surface area contributed by atoms with E-state index in [0.717, 1.165) is 45.2 Å². The van der Waals surface area contributed by atoms with Crippen molar-refractivity contribution >= 4 is 35.6 Å². The predicted molar refractivity (Wildman–Crippen MR) is 135 cm³/mol. The van der Waals surface area contributed by atoms with E-state index in [2.05, 4.69) is 75.0 Å². The number of aromatic nitrogens is 2. The van der Waals surface area contributed by atoms with Crippen molar-refractivity contribution in [3.63, 3.8) is 0 Å². The molecule has 0 radical (unpaired) electrons. The maximum absolute atomic E-state index is 5.07. The molecule has 3 atom stereocenters. The van der Waals surface area contributed by atoms with Crippen molar-refractivity contribution in [2.75, 3.05) is 44.2 Å².